The summed E-state index contributed by atoms with van der Waals surface area (Å²) in [7, 11) is 0. The lowest BCUT2D eigenvalue weighted by Crippen LogP contribution is -2.60. The van der Waals surface area contributed by atoms with E-state index in [1.54, 1.807) is 13.8 Å². The Morgan fingerprint density at radius 1 is 0.774 bits per heavy atom. The quantitative estimate of drug-likeness (QED) is 0.0438. The molecule has 2 aliphatic heterocycles. The number of aliphatic carboxylic acids is 1. The number of unbranched alkanes of at least 4 members (excludes halogenated alkanes) is 1. The average Bonchev–Trinajstić information content (AvgIpc) is 3.88. The monoisotopic (exact) mass is 872 g/mol. The molecule has 342 valence electrons. The molecule has 1 aromatic carbocycles. The van der Waals surface area contributed by atoms with Crippen molar-refractivity contribution in [2.75, 3.05) is 13.1 Å². The van der Waals surface area contributed by atoms with E-state index in [0.717, 1.165) is 4.90 Å². The van der Waals surface area contributed by atoms with Crippen LogP contribution in [0.25, 0.3) is 0 Å². The lowest BCUT2D eigenvalue weighted by molar-refractivity contribution is -0.149. The molecule has 3 rings (SSSR count). The van der Waals surface area contributed by atoms with Gasteiger partial charge in [0.25, 0.3) is 0 Å². The van der Waals surface area contributed by atoms with Crippen LogP contribution in [-0.4, -0.2) is 130 Å². The summed E-state index contributed by atoms with van der Waals surface area (Å²) >= 11 is 0. The van der Waals surface area contributed by atoms with Gasteiger partial charge in [-0.1, -0.05) is 26.0 Å². The number of aromatic hydroxyl groups is 1. The Morgan fingerprint density at radius 2 is 1.37 bits per heavy atom. The minimum atomic E-state index is -1.72. The first-order chi connectivity index (χ1) is 29.3. The highest BCUT2D eigenvalue weighted by Crippen LogP contribution is 2.20. The van der Waals surface area contributed by atoms with Crippen LogP contribution in [0.2, 0.25) is 0 Å². The van der Waals surface area contributed by atoms with Crippen molar-refractivity contribution in [2.24, 2.45) is 23.1 Å². The molecule has 0 saturated carbocycles. The van der Waals surface area contributed by atoms with E-state index >= 15 is 0 Å². The first-order valence-corrected chi connectivity index (χ1v) is 20.7. The van der Waals surface area contributed by atoms with Gasteiger partial charge in [0.2, 0.25) is 53.2 Å². The minimum absolute atomic E-state index is 0.0478. The predicted octanol–water partition coefficient (Wildman–Crippen LogP) is -2.97. The summed E-state index contributed by atoms with van der Waals surface area (Å²) in [5, 5.41) is 34.7. The molecule has 1 aromatic rings. The number of amides is 9. The Hall–Kier alpha value is -6.32. The Balaban J connectivity index is 1.89. The number of carbonyl (C=O) groups is 10. The minimum Gasteiger partial charge on any atom is -0.508 e. The van der Waals surface area contributed by atoms with Gasteiger partial charge in [-0.2, -0.15) is 0 Å². The molecule has 0 bridgehead atoms. The van der Waals surface area contributed by atoms with E-state index < -0.39 is 115 Å². The zero-order chi connectivity index (χ0) is 46.1. The third-order valence-electron chi connectivity index (χ3n) is 10.4. The number of primary amides is 2. The van der Waals surface area contributed by atoms with Crippen LogP contribution in [0.3, 0.4) is 0 Å². The molecule has 0 aromatic heterocycles. The molecule has 22 heteroatoms. The van der Waals surface area contributed by atoms with Gasteiger partial charge in [-0.15, -0.1) is 0 Å². The molecule has 14 N–H and O–H groups in total. The number of carboxylic acids is 1. The van der Waals surface area contributed by atoms with Crippen LogP contribution in [0.15, 0.2) is 24.3 Å². The van der Waals surface area contributed by atoms with Crippen molar-refractivity contribution in [3.63, 3.8) is 0 Å². The molecule has 0 aliphatic carbocycles. The van der Waals surface area contributed by atoms with E-state index in [1.807, 2.05) is 0 Å². The summed E-state index contributed by atoms with van der Waals surface area (Å²) in [5.41, 5.74) is 16.9. The largest absolute Gasteiger partial charge is 0.508 e. The fourth-order valence-electron chi connectivity index (χ4n) is 7.16. The maximum atomic E-state index is 14.1. The number of phenols is 1. The topological polar surface area (TPSA) is 365 Å². The fraction of sp³-hybridized carbons (Fsp3) is 0.600. The molecular formula is C40H60N10O12. The molecule has 0 radical (unpaired) electrons. The maximum Gasteiger partial charge on any atom is 0.326 e. The SMILES string of the molecule is CC(C)C[C@H](NC(=O)[C@@H]1CCC(=O)N1)C(=O)N[C@@H](Cc1ccc(O)cc1)C(=O)N[C@@H](CCC(N)=O)C(=O)N[C@@H](CC(N)=O)C(=O)N[C@@H](CCCCN)C(=O)N1CCC[C@H]1C(=O)O. The van der Waals surface area contributed by atoms with E-state index in [1.165, 1.54) is 24.3 Å². The number of phenolic OH excluding ortho intramolecular Hbond substituents is 1. The first-order valence-electron chi connectivity index (χ1n) is 20.7. The fourth-order valence-corrected chi connectivity index (χ4v) is 7.16. The van der Waals surface area contributed by atoms with Gasteiger partial charge < -0.3 is 64.2 Å². The average molecular weight is 873 g/mol. The molecule has 0 spiro atoms. The van der Waals surface area contributed by atoms with Crippen molar-refractivity contribution in [2.45, 2.75) is 133 Å². The summed E-state index contributed by atoms with van der Waals surface area (Å²) in [6.45, 7) is 4.01. The lowest BCUT2D eigenvalue weighted by atomic mass is 10.00. The molecule has 62 heavy (non-hydrogen) atoms. The van der Waals surface area contributed by atoms with Gasteiger partial charge in [0.1, 0.15) is 48.0 Å². The number of nitrogens with zero attached hydrogens (tertiary/aromatic N) is 1. The third-order valence-corrected chi connectivity index (χ3v) is 10.4. The van der Waals surface area contributed by atoms with Crippen LogP contribution in [0, 0.1) is 5.92 Å². The number of likely N-dealkylation sites (tertiary alicyclic amines) is 1. The van der Waals surface area contributed by atoms with E-state index in [-0.39, 0.29) is 69.2 Å². The molecule has 22 nitrogen and oxygen atoms in total. The lowest BCUT2D eigenvalue weighted by Gasteiger charge is -2.29. The predicted molar refractivity (Wildman–Crippen MR) is 220 cm³/mol. The number of carbonyl (C=O) groups excluding carboxylic acids is 9. The van der Waals surface area contributed by atoms with Crippen LogP contribution in [0.1, 0.15) is 90.0 Å². The van der Waals surface area contributed by atoms with Crippen LogP contribution in [0.4, 0.5) is 0 Å². The maximum absolute atomic E-state index is 14.1. The first kappa shape index (κ1) is 50.0. The van der Waals surface area contributed by atoms with Crippen LogP contribution in [-0.2, 0) is 54.4 Å². The van der Waals surface area contributed by atoms with Gasteiger partial charge >= 0.3 is 5.97 Å². The highest BCUT2D eigenvalue weighted by atomic mass is 16.4. The summed E-state index contributed by atoms with van der Waals surface area (Å²) in [6.07, 6.45) is 0.160. The smallest absolute Gasteiger partial charge is 0.326 e. The van der Waals surface area contributed by atoms with Crippen molar-refractivity contribution in [1.29, 1.82) is 0 Å². The van der Waals surface area contributed by atoms with Crippen LogP contribution >= 0.6 is 0 Å². The number of hydrogen-bond acceptors (Lipinski definition) is 12. The number of nitrogens with two attached hydrogens (primary N) is 3. The summed E-state index contributed by atoms with van der Waals surface area (Å²) in [6, 6.07) is -3.50. The highest BCUT2D eigenvalue weighted by molar-refractivity contribution is 5.99. The number of rotatable bonds is 25. The van der Waals surface area contributed by atoms with Crippen molar-refractivity contribution in [1.82, 2.24) is 36.8 Å². The summed E-state index contributed by atoms with van der Waals surface area (Å²) < 4.78 is 0. The molecule has 2 heterocycles. The normalized spacial score (nSPS) is 18.3. The molecule has 0 unspecified atom stereocenters. The van der Waals surface area contributed by atoms with Crippen molar-refractivity contribution in [3.05, 3.63) is 29.8 Å². The number of nitrogens with one attached hydrogen (secondary N) is 6. The van der Waals surface area contributed by atoms with Gasteiger partial charge in [0.15, 0.2) is 0 Å². The van der Waals surface area contributed by atoms with Gasteiger partial charge in [-0.05, 0) is 81.5 Å². The van der Waals surface area contributed by atoms with E-state index in [0.29, 0.717) is 24.8 Å². The van der Waals surface area contributed by atoms with Gasteiger partial charge in [-0.25, -0.2) is 4.79 Å². The standard InChI is InChI=1S/C40H60N10O12/c1-21(2)18-27(47-34(55)24-13-15-33(54)44-24)36(57)48-28(19-22-8-10-23(51)11-9-22)37(58)45-25(12-14-31(42)52)35(56)49-29(20-32(43)53)38(59)46-26(6-3-4-16-41)39(60)50-17-5-7-30(50)40(61)62/h8-11,21,24-30,51H,3-7,12-20,41H2,1-2H3,(H2,42,52)(H2,43,53)(H,44,54)(H,45,58)(H,46,59)(H,47,55)(H,48,57)(H,49,56)(H,61,62)/t24-,25-,26-,27-,28-,29-,30-/m0/s1. The van der Waals surface area contributed by atoms with E-state index in [9.17, 15) is 58.2 Å². The second-order valence-corrected chi connectivity index (χ2v) is 16.0. The van der Waals surface area contributed by atoms with Gasteiger partial charge in [0, 0.05) is 25.8 Å². The molecule has 2 aliphatic rings. The van der Waals surface area contributed by atoms with Crippen LogP contribution < -0.4 is 49.1 Å². The van der Waals surface area contributed by atoms with Crippen molar-refractivity contribution < 1.29 is 58.2 Å². The summed E-state index contributed by atoms with van der Waals surface area (Å²) in [4.78, 5) is 131. The zero-order valence-corrected chi connectivity index (χ0v) is 35.0. The Bertz CT molecular complexity index is 1810. The van der Waals surface area contributed by atoms with Gasteiger partial charge in [-0.3, -0.25) is 43.2 Å². The molecule has 7 atom stereocenters. The summed E-state index contributed by atoms with van der Waals surface area (Å²) in [5.74, 6) is -8.73. The Kier molecular flexibility index (Phi) is 19.5. The molecule has 2 fully saturated rings. The third kappa shape index (κ3) is 15.9. The second kappa shape index (κ2) is 24.2. The molecule has 9 amide bonds. The van der Waals surface area contributed by atoms with E-state index in [4.69, 9.17) is 17.2 Å². The number of benzene rings is 1. The van der Waals surface area contributed by atoms with Crippen molar-refractivity contribution in [3.8, 4) is 5.75 Å². The van der Waals surface area contributed by atoms with Gasteiger partial charge in [0.05, 0.1) is 6.42 Å². The highest BCUT2D eigenvalue weighted by Gasteiger charge is 2.39. The molecule has 2 saturated heterocycles. The second-order valence-electron chi connectivity index (χ2n) is 16.0. The van der Waals surface area contributed by atoms with Crippen LogP contribution in [0.5, 0.6) is 5.75 Å². The molecular weight excluding hydrogens is 812 g/mol. The number of carboxylic acid groups (broad SMARTS) is 1. The Morgan fingerprint density at radius 3 is 1.95 bits per heavy atom. The zero-order valence-electron chi connectivity index (χ0n) is 35.0. The van der Waals surface area contributed by atoms with Crippen molar-refractivity contribution >= 4 is 59.1 Å². The Labute approximate surface area is 358 Å². The number of hydrogen-bond donors (Lipinski definition) is 11. The van der Waals surface area contributed by atoms with E-state index in [2.05, 4.69) is 31.9 Å².